The number of hydrogen-bond acceptors (Lipinski definition) is 2. The van der Waals surface area contributed by atoms with Crippen LogP contribution in [0.4, 0.5) is 4.39 Å². The van der Waals surface area contributed by atoms with Crippen molar-refractivity contribution in [3.63, 3.8) is 0 Å². The predicted molar refractivity (Wildman–Crippen MR) is 107 cm³/mol. The van der Waals surface area contributed by atoms with Gasteiger partial charge in [-0.05, 0) is 36.4 Å². The molecule has 0 unspecified atom stereocenters. The first kappa shape index (κ1) is 18.6. The molecule has 2 N–H and O–H groups in total. The van der Waals surface area contributed by atoms with Gasteiger partial charge < -0.3 is 5.32 Å². The average molecular weight is 388 g/mol. The number of hydrazine groups is 1. The summed E-state index contributed by atoms with van der Waals surface area (Å²) in [7, 11) is 0. The fourth-order valence-corrected chi connectivity index (χ4v) is 3.35. The van der Waals surface area contributed by atoms with Gasteiger partial charge in [0.1, 0.15) is 5.82 Å². The largest absolute Gasteiger partial charge is 0.334 e. The smallest absolute Gasteiger partial charge is 0.304 e. The number of carbonyl (C=O) groups is 2. The second-order valence-electron chi connectivity index (χ2n) is 6.74. The number of nitrogens with zero attached hydrogens (tertiary/aromatic N) is 1. The molecule has 0 aliphatic carbocycles. The van der Waals surface area contributed by atoms with Crippen molar-refractivity contribution < 1.29 is 18.7 Å². The Labute approximate surface area is 167 Å². The van der Waals surface area contributed by atoms with E-state index in [4.69, 9.17) is 0 Å². The number of rotatable bonds is 4. The second kappa shape index (κ2) is 8.06. The van der Waals surface area contributed by atoms with Gasteiger partial charge in [-0.2, -0.15) is 0 Å². The minimum Gasteiger partial charge on any atom is -0.334 e. The van der Waals surface area contributed by atoms with Crippen molar-refractivity contribution in [2.45, 2.75) is 12.1 Å². The average Bonchev–Trinajstić information content (AvgIpc) is 3.05. The summed E-state index contributed by atoms with van der Waals surface area (Å²) in [4.78, 5) is 25.4. The topological polar surface area (TPSA) is 61.2 Å². The lowest BCUT2D eigenvalue weighted by atomic mass is 10.00. The van der Waals surface area contributed by atoms with Crippen molar-refractivity contribution in [2.75, 3.05) is 0 Å². The summed E-state index contributed by atoms with van der Waals surface area (Å²) in [5.74, 6) is -0.975. The lowest BCUT2D eigenvalue weighted by molar-refractivity contribution is -0.596. The SMILES string of the molecule is O=C(N[C@@H]1C(=O)N/[N+](=C\c2ccc(F)cc2)[C@@H]1c1ccccc1)c1ccccc1. The number of nitrogens with one attached hydrogen (secondary N) is 2. The number of carbonyl (C=O) groups excluding carboxylic acids is 2. The molecule has 0 saturated carbocycles. The highest BCUT2D eigenvalue weighted by Gasteiger charge is 2.47. The number of hydrazone groups is 1. The molecule has 1 heterocycles. The highest BCUT2D eigenvalue weighted by Crippen LogP contribution is 2.25. The van der Waals surface area contributed by atoms with Crippen LogP contribution in [0.1, 0.15) is 27.5 Å². The molecule has 3 aromatic rings. The molecule has 0 spiro atoms. The van der Waals surface area contributed by atoms with Gasteiger partial charge >= 0.3 is 5.91 Å². The van der Waals surface area contributed by atoms with E-state index in [0.29, 0.717) is 5.56 Å². The molecule has 1 fully saturated rings. The third-order valence-corrected chi connectivity index (χ3v) is 4.76. The summed E-state index contributed by atoms with van der Waals surface area (Å²) < 4.78 is 14.9. The number of benzene rings is 3. The fraction of sp³-hybridized carbons (Fsp3) is 0.0870. The Hall–Kier alpha value is -3.80. The van der Waals surface area contributed by atoms with Crippen LogP contribution in [-0.4, -0.2) is 28.8 Å². The molecule has 4 rings (SSSR count). The lowest BCUT2D eigenvalue weighted by Gasteiger charge is -2.14. The van der Waals surface area contributed by atoms with Crippen molar-refractivity contribution in [3.8, 4) is 0 Å². The van der Waals surface area contributed by atoms with Crippen molar-refractivity contribution in [1.82, 2.24) is 10.7 Å². The van der Waals surface area contributed by atoms with Crippen molar-refractivity contribution in [2.24, 2.45) is 0 Å². The van der Waals surface area contributed by atoms with Crippen LogP contribution in [0.3, 0.4) is 0 Å². The fourth-order valence-electron chi connectivity index (χ4n) is 3.35. The Morgan fingerprint density at radius 1 is 0.931 bits per heavy atom. The van der Waals surface area contributed by atoms with Crippen LogP contribution in [0.25, 0.3) is 0 Å². The highest BCUT2D eigenvalue weighted by molar-refractivity contribution is 5.98. The van der Waals surface area contributed by atoms with Gasteiger partial charge in [-0.15, -0.1) is 10.1 Å². The number of hydrogen-bond donors (Lipinski definition) is 2. The molecule has 29 heavy (non-hydrogen) atoms. The molecule has 2 atom stereocenters. The van der Waals surface area contributed by atoms with Gasteiger partial charge in [-0.1, -0.05) is 48.5 Å². The van der Waals surface area contributed by atoms with Crippen molar-refractivity contribution >= 4 is 18.0 Å². The minimum absolute atomic E-state index is 0.318. The summed E-state index contributed by atoms with van der Waals surface area (Å²) in [5.41, 5.74) is 4.87. The van der Waals surface area contributed by atoms with E-state index in [-0.39, 0.29) is 17.6 Å². The summed E-state index contributed by atoms with van der Waals surface area (Å²) in [6, 6.07) is 22.9. The molecule has 5 nitrogen and oxygen atoms in total. The van der Waals surface area contributed by atoms with Crippen LogP contribution in [0, 0.1) is 5.82 Å². The first-order valence-electron chi connectivity index (χ1n) is 9.22. The molecule has 2 amide bonds. The van der Waals surface area contributed by atoms with Gasteiger partial charge in [0.2, 0.25) is 12.3 Å². The zero-order chi connectivity index (χ0) is 20.2. The molecule has 1 saturated heterocycles. The molecule has 6 heteroatoms. The van der Waals surface area contributed by atoms with E-state index >= 15 is 0 Å². The maximum atomic E-state index is 13.2. The maximum Gasteiger partial charge on any atom is 0.304 e. The van der Waals surface area contributed by atoms with Gasteiger partial charge in [0.15, 0.2) is 6.04 Å². The first-order valence-corrected chi connectivity index (χ1v) is 9.22. The minimum atomic E-state index is -0.790. The number of amides is 2. The normalized spacial score (nSPS) is 19.8. The summed E-state index contributed by atoms with van der Waals surface area (Å²) >= 11 is 0. The third kappa shape index (κ3) is 4.06. The first-order chi connectivity index (χ1) is 14.1. The molecule has 0 aromatic heterocycles. The van der Waals surface area contributed by atoms with Gasteiger partial charge in [0.25, 0.3) is 5.91 Å². The van der Waals surface area contributed by atoms with Crippen molar-refractivity contribution in [3.05, 3.63) is 107 Å². The van der Waals surface area contributed by atoms with E-state index in [1.807, 2.05) is 36.4 Å². The molecule has 0 radical (unpaired) electrons. The third-order valence-electron chi connectivity index (χ3n) is 4.76. The van der Waals surface area contributed by atoms with Gasteiger partial charge in [0, 0.05) is 16.7 Å². The Kier molecular flexibility index (Phi) is 5.16. The van der Waals surface area contributed by atoms with Gasteiger partial charge in [0.05, 0.1) is 0 Å². The zero-order valence-corrected chi connectivity index (χ0v) is 15.5. The molecule has 0 bridgehead atoms. The summed E-state index contributed by atoms with van der Waals surface area (Å²) in [6.07, 6.45) is 1.73. The van der Waals surface area contributed by atoms with E-state index < -0.39 is 12.1 Å². The molecule has 144 valence electrons. The number of halogens is 1. The van der Waals surface area contributed by atoms with Gasteiger partial charge in [-0.3, -0.25) is 9.59 Å². The Balaban J connectivity index is 1.69. The van der Waals surface area contributed by atoms with Crippen LogP contribution in [0.2, 0.25) is 0 Å². The van der Waals surface area contributed by atoms with E-state index in [1.165, 1.54) is 12.1 Å². The van der Waals surface area contributed by atoms with E-state index in [9.17, 15) is 14.0 Å². The Bertz CT molecular complexity index is 1050. The van der Waals surface area contributed by atoms with Gasteiger partial charge in [-0.25, -0.2) is 4.39 Å². The van der Waals surface area contributed by atoms with Crippen LogP contribution < -0.4 is 10.7 Å². The quantitative estimate of drug-likeness (QED) is 0.676. The van der Waals surface area contributed by atoms with Crippen LogP contribution >= 0.6 is 0 Å². The van der Waals surface area contributed by atoms with Crippen molar-refractivity contribution in [1.29, 1.82) is 0 Å². The van der Waals surface area contributed by atoms with Crippen LogP contribution in [0.5, 0.6) is 0 Å². The molecular weight excluding hydrogens is 369 g/mol. The molecule has 1 aliphatic heterocycles. The standard InChI is InChI=1S/C23H18FN3O2/c24-19-13-11-16(12-14-19)15-27-21(17-7-3-1-4-8-17)20(23(29)26-27)25-22(28)18-9-5-2-6-10-18/h1-15,20-21H,(H-,25,26,28,29)/p+1/b27-15-/t20-,21+/m0/s1. The van der Waals surface area contributed by atoms with E-state index in [0.717, 1.165) is 11.1 Å². The van der Waals surface area contributed by atoms with E-state index in [1.54, 1.807) is 47.3 Å². The summed E-state index contributed by atoms with van der Waals surface area (Å²) in [6.45, 7) is 0. The zero-order valence-electron chi connectivity index (χ0n) is 15.5. The van der Waals surface area contributed by atoms with Crippen LogP contribution in [-0.2, 0) is 4.79 Å². The predicted octanol–water partition coefficient (Wildman–Crippen LogP) is 2.84. The molecular formula is C23H19FN3O2+. The second-order valence-corrected chi connectivity index (χ2v) is 6.74. The molecule has 1 aliphatic rings. The highest BCUT2D eigenvalue weighted by atomic mass is 19.1. The monoisotopic (exact) mass is 388 g/mol. The van der Waals surface area contributed by atoms with Crippen LogP contribution in [0.15, 0.2) is 84.9 Å². The molecule has 3 aromatic carbocycles. The maximum absolute atomic E-state index is 13.2. The Morgan fingerprint density at radius 2 is 1.55 bits per heavy atom. The lowest BCUT2D eigenvalue weighted by Crippen LogP contribution is -2.42. The van der Waals surface area contributed by atoms with E-state index in [2.05, 4.69) is 10.7 Å². The summed E-state index contributed by atoms with van der Waals surface area (Å²) in [5, 5.41) is 2.85. The Morgan fingerprint density at radius 3 is 2.21 bits per heavy atom.